The number of carbonyl (C=O) groups excluding carboxylic acids is 1. The number of ether oxygens (including phenoxy) is 1. The van der Waals surface area contributed by atoms with E-state index >= 15 is 0 Å². The highest BCUT2D eigenvalue weighted by atomic mass is 16.6. The second kappa shape index (κ2) is 4.65. The van der Waals surface area contributed by atoms with Gasteiger partial charge in [0.25, 0.3) is 0 Å². The van der Waals surface area contributed by atoms with Crippen molar-refractivity contribution in [1.29, 1.82) is 0 Å². The summed E-state index contributed by atoms with van der Waals surface area (Å²) >= 11 is 0. The first kappa shape index (κ1) is 13.2. The van der Waals surface area contributed by atoms with Crippen molar-refractivity contribution in [3.63, 3.8) is 0 Å². The van der Waals surface area contributed by atoms with E-state index in [1.807, 2.05) is 19.9 Å². The van der Waals surface area contributed by atoms with E-state index in [4.69, 9.17) is 4.74 Å². The molecule has 20 heavy (non-hydrogen) atoms. The molecular formula is C17H21NO2. The van der Waals surface area contributed by atoms with Crippen LogP contribution < -0.4 is 0 Å². The normalized spacial score (nSPS) is 18.9. The number of benzene rings is 1. The van der Waals surface area contributed by atoms with Crippen LogP contribution >= 0.6 is 0 Å². The van der Waals surface area contributed by atoms with Crippen LogP contribution in [0, 0.1) is 6.92 Å². The zero-order chi connectivity index (χ0) is 14.3. The average Bonchev–Trinajstić information content (AvgIpc) is 3.10. The molecule has 1 aromatic carbocycles. The Morgan fingerprint density at radius 2 is 1.85 bits per heavy atom. The molecule has 1 aliphatic carbocycles. The number of hydrogen-bond donors (Lipinski definition) is 0. The minimum Gasteiger partial charge on any atom is -0.434 e. The molecule has 3 nitrogen and oxygen atoms in total. The number of carbonyl (C=O) groups is 1. The van der Waals surface area contributed by atoms with Gasteiger partial charge in [-0.05, 0) is 38.0 Å². The Bertz CT molecular complexity index is 663. The van der Waals surface area contributed by atoms with Crippen molar-refractivity contribution in [2.45, 2.75) is 52.2 Å². The summed E-state index contributed by atoms with van der Waals surface area (Å²) in [5.74, 6) is -0.161. The van der Waals surface area contributed by atoms with Crippen LogP contribution in [-0.4, -0.2) is 10.5 Å². The summed E-state index contributed by atoms with van der Waals surface area (Å²) in [7, 11) is 0. The van der Waals surface area contributed by atoms with Crippen LogP contribution in [0.15, 0.2) is 24.3 Å². The molecule has 1 saturated carbocycles. The van der Waals surface area contributed by atoms with Gasteiger partial charge >= 0.3 is 5.97 Å². The standard InChI is InChI=1S/C15H15NO2.C2H6/c1-10-4-5-12-11(8-10)9-13-14(17)18-15(16(12)13)6-2-3-7-15;1-2/h4-5,8-9H,2-3,6-7H2,1H3;1-2H3. The maximum Gasteiger partial charge on any atom is 0.357 e. The van der Waals surface area contributed by atoms with Gasteiger partial charge in [0.05, 0.1) is 5.52 Å². The molecule has 1 spiro atoms. The molecule has 3 heteroatoms. The molecule has 0 bridgehead atoms. The van der Waals surface area contributed by atoms with Crippen LogP contribution in [0.4, 0.5) is 0 Å². The predicted molar refractivity (Wildman–Crippen MR) is 79.9 cm³/mol. The molecule has 1 aromatic heterocycles. The quantitative estimate of drug-likeness (QED) is 0.666. The lowest BCUT2D eigenvalue weighted by molar-refractivity contribution is -0.0366. The molecular weight excluding hydrogens is 250 g/mol. The third-order valence-corrected chi connectivity index (χ3v) is 4.24. The summed E-state index contributed by atoms with van der Waals surface area (Å²) < 4.78 is 7.82. The van der Waals surface area contributed by atoms with E-state index in [1.54, 1.807) is 0 Å². The first-order valence-electron chi connectivity index (χ1n) is 7.56. The zero-order valence-corrected chi connectivity index (χ0v) is 12.4. The van der Waals surface area contributed by atoms with Crippen LogP contribution in [0.3, 0.4) is 0 Å². The zero-order valence-electron chi connectivity index (χ0n) is 12.4. The van der Waals surface area contributed by atoms with Gasteiger partial charge in [0.2, 0.25) is 0 Å². The number of aromatic nitrogens is 1. The first-order chi connectivity index (χ1) is 9.70. The van der Waals surface area contributed by atoms with E-state index in [-0.39, 0.29) is 11.7 Å². The molecule has 2 aromatic rings. The van der Waals surface area contributed by atoms with Crippen molar-refractivity contribution in [2.24, 2.45) is 0 Å². The molecule has 2 heterocycles. The van der Waals surface area contributed by atoms with E-state index in [2.05, 4.69) is 29.7 Å². The molecule has 4 rings (SSSR count). The number of fused-ring (bicyclic) bond motifs is 4. The fraction of sp³-hybridized carbons (Fsp3) is 0.471. The van der Waals surface area contributed by atoms with Crippen LogP contribution in [0.5, 0.6) is 0 Å². The van der Waals surface area contributed by atoms with E-state index in [9.17, 15) is 4.79 Å². The fourth-order valence-electron chi connectivity index (χ4n) is 3.45. The van der Waals surface area contributed by atoms with Crippen molar-refractivity contribution < 1.29 is 9.53 Å². The van der Waals surface area contributed by atoms with Gasteiger partial charge in [0.1, 0.15) is 5.69 Å². The van der Waals surface area contributed by atoms with Gasteiger partial charge < -0.3 is 4.74 Å². The monoisotopic (exact) mass is 271 g/mol. The van der Waals surface area contributed by atoms with Gasteiger partial charge in [-0.2, -0.15) is 0 Å². The molecule has 1 aliphatic heterocycles. The summed E-state index contributed by atoms with van der Waals surface area (Å²) in [5.41, 5.74) is 2.69. The molecule has 0 radical (unpaired) electrons. The van der Waals surface area contributed by atoms with Crippen LogP contribution in [0.2, 0.25) is 0 Å². The van der Waals surface area contributed by atoms with Crippen molar-refractivity contribution in [3.8, 4) is 0 Å². The summed E-state index contributed by atoms with van der Waals surface area (Å²) in [6.45, 7) is 6.08. The van der Waals surface area contributed by atoms with Gasteiger partial charge in [-0.25, -0.2) is 4.79 Å². The maximum absolute atomic E-state index is 12.0. The van der Waals surface area contributed by atoms with Crippen molar-refractivity contribution >= 4 is 16.9 Å². The minimum absolute atomic E-state index is 0.161. The van der Waals surface area contributed by atoms with Gasteiger partial charge in [-0.1, -0.05) is 25.5 Å². The molecule has 106 valence electrons. The fourth-order valence-corrected chi connectivity index (χ4v) is 3.45. The summed E-state index contributed by atoms with van der Waals surface area (Å²) in [4.78, 5) is 12.0. The molecule has 1 fully saturated rings. The Morgan fingerprint density at radius 3 is 2.55 bits per heavy atom. The number of nitrogens with zero attached hydrogens (tertiary/aromatic N) is 1. The molecule has 0 saturated heterocycles. The van der Waals surface area contributed by atoms with Crippen LogP contribution in [0.1, 0.15) is 55.6 Å². The first-order valence-corrected chi connectivity index (χ1v) is 7.56. The van der Waals surface area contributed by atoms with E-state index < -0.39 is 0 Å². The number of hydrogen-bond acceptors (Lipinski definition) is 2. The van der Waals surface area contributed by atoms with Crippen molar-refractivity contribution in [2.75, 3.05) is 0 Å². The van der Waals surface area contributed by atoms with E-state index in [0.717, 1.165) is 42.3 Å². The Balaban J connectivity index is 0.000000581. The lowest BCUT2D eigenvalue weighted by atomic mass is 10.1. The topological polar surface area (TPSA) is 31.2 Å². The Labute approximate surface area is 119 Å². The van der Waals surface area contributed by atoms with Crippen LogP contribution in [0.25, 0.3) is 10.9 Å². The Morgan fingerprint density at radius 1 is 1.15 bits per heavy atom. The highest BCUT2D eigenvalue weighted by Gasteiger charge is 2.47. The number of esters is 1. The second-order valence-corrected chi connectivity index (χ2v) is 5.47. The van der Waals surface area contributed by atoms with Gasteiger partial charge in [-0.3, -0.25) is 4.57 Å². The Kier molecular flexibility index (Phi) is 3.08. The smallest absolute Gasteiger partial charge is 0.357 e. The predicted octanol–water partition coefficient (Wildman–Crippen LogP) is 4.37. The highest BCUT2D eigenvalue weighted by molar-refractivity contribution is 5.98. The average molecular weight is 271 g/mol. The van der Waals surface area contributed by atoms with Gasteiger partial charge in [0.15, 0.2) is 5.72 Å². The molecule has 0 N–H and O–H groups in total. The molecule has 0 atom stereocenters. The second-order valence-electron chi connectivity index (χ2n) is 5.47. The molecule has 2 aliphatic rings. The highest BCUT2D eigenvalue weighted by Crippen LogP contribution is 2.45. The van der Waals surface area contributed by atoms with Gasteiger partial charge in [-0.15, -0.1) is 0 Å². The Hall–Kier alpha value is -1.77. The third-order valence-electron chi connectivity index (χ3n) is 4.24. The lowest BCUT2D eigenvalue weighted by Crippen LogP contribution is -2.28. The maximum atomic E-state index is 12.0. The summed E-state index contributed by atoms with van der Waals surface area (Å²) in [6.07, 6.45) is 4.17. The molecule has 0 unspecified atom stereocenters. The van der Waals surface area contributed by atoms with Crippen molar-refractivity contribution in [3.05, 3.63) is 35.5 Å². The van der Waals surface area contributed by atoms with E-state index in [1.165, 1.54) is 5.56 Å². The molecule has 0 amide bonds. The van der Waals surface area contributed by atoms with E-state index in [0.29, 0.717) is 0 Å². The third kappa shape index (κ3) is 1.69. The minimum atomic E-state index is -0.385. The number of aryl methyl sites for hydroxylation is 1. The van der Waals surface area contributed by atoms with Crippen molar-refractivity contribution in [1.82, 2.24) is 4.57 Å². The van der Waals surface area contributed by atoms with Crippen LogP contribution in [-0.2, 0) is 10.5 Å². The number of rotatable bonds is 0. The lowest BCUT2D eigenvalue weighted by Gasteiger charge is -2.25. The largest absolute Gasteiger partial charge is 0.434 e. The SMILES string of the molecule is CC.Cc1ccc2c(c1)cc1n2C2(CCCC2)OC1=O. The summed E-state index contributed by atoms with van der Waals surface area (Å²) in [6, 6.07) is 8.31. The van der Waals surface area contributed by atoms with Gasteiger partial charge in [0, 0.05) is 18.2 Å². The summed E-state index contributed by atoms with van der Waals surface area (Å²) in [5, 5.41) is 1.15.